The van der Waals surface area contributed by atoms with Crippen molar-refractivity contribution in [3.8, 4) is 11.8 Å². The van der Waals surface area contributed by atoms with Gasteiger partial charge in [-0.1, -0.05) is 25.2 Å². The molecule has 0 unspecified atom stereocenters. The zero-order valence-corrected chi connectivity index (χ0v) is 13.1. The summed E-state index contributed by atoms with van der Waals surface area (Å²) in [5.74, 6) is 6.84. The van der Waals surface area contributed by atoms with Crippen molar-refractivity contribution >= 4 is 17.2 Å². The maximum absolute atomic E-state index is 12.5. The fraction of sp³-hybridized carbons (Fsp3) is 0.562. The van der Waals surface area contributed by atoms with Crippen LogP contribution in [-0.2, 0) is 0 Å². The summed E-state index contributed by atoms with van der Waals surface area (Å²) in [6.07, 6.45) is 3.48. The Morgan fingerprint density at radius 2 is 2.20 bits per heavy atom. The molecule has 0 saturated carbocycles. The van der Waals surface area contributed by atoms with E-state index in [1.807, 2.05) is 17.9 Å². The van der Waals surface area contributed by atoms with Gasteiger partial charge in [0.05, 0.1) is 16.3 Å². The highest BCUT2D eigenvalue weighted by Crippen LogP contribution is 2.25. The second kappa shape index (κ2) is 6.92. The Morgan fingerprint density at radius 3 is 2.80 bits per heavy atom. The van der Waals surface area contributed by atoms with E-state index >= 15 is 0 Å². The Morgan fingerprint density at radius 1 is 1.50 bits per heavy atom. The highest BCUT2D eigenvalue weighted by atomic mass is 32.1. The van der Waals surface area contributed by atoms with E-state index in [0.717, 1.165) is 47.2 Å². The van der Waals surface area contributed by atoms with E-state index in [-0.39, 0.29) is 5.91 Å². The Balaban J connectivity index is 2.06. The highest BCUT2D eigenvalue weighted by molar-refractivity contribution is 7.14. The van der Waals surface area contributed by atoms with Crippen molar-refractivity contribution in [1.82, 2.24) is 4.90 Å². The number of likely N-dealkylation sites (tertiary alicyclic amines) is 1. The van der Waals surface area contributed by atoms with Gasteiger partial charge < -0.3 is 10.6 Å². The summed E-state index contributed by atoms with van der Waals surface area (Å²) in [7, 11) is 0. The minimum atomic E-state index is 0.161. The molecule has 0 aromatic carbocycles. The molecule has 1 amide bonds. The minimum absolute atomic E-state index is 0.161. The second-order valence-corrected chi connectivity index (χ2v) is 6.32. The summed E-state index contributed by atoms with van der Waals surface area (Å²) in [6, 6.07) is 1.96. The number of rotatable bonds is 2. The molecule has 3 nitrogen and oxygen atoms in total. The molecule has 108 valence electrons. The van der Waals surface area contributed by atoms with Crippen molar-refractivity contribution in [2.75, 3.05) is 19.6 Å². The molecule has 0 radical (unpaired) electrons. The molecule has 1 saturated heterocycles. The van der Waals surface area contributed by atoms with Gasteiger partial charge in [-0.05, 0) is 37.3 Å². The minimum Gasteiger partial charge on any atom is -0.338 e. The molecule has 0 bridgehead atoms. The first-order valence-corrected chi connectivity index (χ1v) is 8.06. The summed E-state index contributed by atoms with van der Waals surface area (Å²) in [5.41, 5.74) is 6.46. The maximum Gasteiger partial charge on any atom is 0.263 e. The van der Waals surface area contributed by atoms with Crippen LogP contribution in [0.15, 0.2) is 6.07 Å². The predicted octanol–water partition coefficient (Wildman–Crippen LogP) is 2.63. The van der Waals surface area contributed by atoms with Crippen LogP contribution in [0.5, 0.6) is 0 Å². The number of piperidine rings is 1. The quantitative estimate of drug-likeness (QED) is 0.851. The van der Waals surface area contributed by atoms with Gasteiger partial charge in [0.1, 0.15) is 0 Å². The van der Waals surface area contributed by atoms with Gasteiger partial charge in [0.15, 0.2) is 0 Å². The number of amides is 1. The zero-order chi connectivity index (χ0) is 14.5. The number of hydrogen-bond donors (Lipinski definition) is 1. The Kier molecular flexibility index (Phi) is 5.22. The van der Waals surface area contributed by atoms with Crippen molar-refractivity contribution in [1.29, 1.82) is 0 Å². The normalized spacial score (nSPS) is 15.8. The number of nitrogens with two attached hydrogens (primary N) is 1. The molecule has 20 heavy (non-hydrogen) atoms. The molecular formula is C16H22N2OS. The van der Waals surface area contributed by atoms with E-state index in [9.17, 15) is 4.79 Å². The van der Waals surface area contributed by atoms with Crippen molar-refractivity contribution < 1.29 is 4.79 Å². The van der Waals surface area contributed by atoms with Crippen LogP contribution >= 0.6 is 11.3 Å². The standard InChI is InChI=1S/C16H22N2OS/c1-3-13-6-9-18(10-7-13)16(19)15-11-12(2)14(20-15)5-4-8-17/h11,13H,3,6-10,17H2,1-2H3. The summed E-state index contributed by atoms with van der Waals surface area (Å²) in [4.78, 5) is 16.2. The fourth-order valence-corrected chi connectivity index (χ4v) is 3.56. The molecule has 1 aliphatic rings. The average Bonchev–Trinajstić information content (AvgIpc) is 2.85. The maximum atomic E-state index is 12.5. The molecule has 0 atom stereocenters. The number of hydrogen-bond acceptors (Lipinski definition) is 3. The lowest BCUT2D eigenvalue weighted by Crippen LogP contribution is -2.38. The lowest BCUT2D eigenvalue weighted by molar-refractivity contribution is 0.0693. The van der Waals surface area contributed by atoms with E-state index in [2.05, 4.69) is 18.8 Å². The zero-order valence-electron chi connectivity index (χ0n) is 12.2. The van der Waals surface area contributed by atoms with Crippen molar-refractivity contribution in [3.63, 3.8) is 0 Å². The monoisotopic (exact) mass is 290 g/mol. The Hall–Kier alpha value is -1.31. The van der Waals surface area contributed by atoms with Crippen molar-refractivity contribution in [2.45, 2.75) is 33.1 Å². The second-order valence-electron chi connectivity index (χ2n) is 5.27. The first kappa shape index (κ1) is 15.1. The van der Waals surface area contributed by atoms with E-state index in [1.54, 1.807) is 0 Å². The van der Waals surface area contributed by atoms with Crippen LogP contribution in [0.4, 0.5) is 0 Å². The predicted molar refractivity (Wildman–Crippen MR) is 83.9 cm³/mol. The van der Waals surface area contributed by atoms with E-state index in [4.69, 9.17) is 5.73 Å². The van der Waals surface area contributed by atoms with E-state index in [0.29, 0.717) is 6.54 Å². The number of nitrogens with zero attached hydrogens (tertiary/aromatic N) is 1. The number of carbonyl (C=O) groups is 1. The summed E-state index contributed by atoms with van der Waals surface area (Å²) in [5, 5.41) is 0. The van der Waals surface area contributed by atoms with Crippen LogP contribution in [0, 0.1) is 24.7 Å². The molecular weight excluding hydrogens is 268 g/mol. The summed E-state index contributed by atoms with van der Waals surface area (Å²) >= 11 is 1.49. The lowest BCUT2D eigenvalue weighted by atomic mass is 9.94. The van der Waals surface area contributed by atoms with Gasteiger partial charge in [-0.3, -0.25) is 4.79 Å². The third kappa shape index (κ3) is 3.41. The average molecular weight is 290 g/mol. The van der Waals surface area contributed by atoms with Crippen LogP contribution in [0.3, 0.4) is 0 Å². The number of thiophene rings is 1. The fourth-order valence-electron chi connectivity index (χ4n) is 2.54. The van der Waals surface area contributed by atoms with Gasteiger partial charge in [-0.2, -0.15) is 0 Å². The van der Waals surface area contributed by atoms with Gasteiger partial charge in [-0.15, -0.1) is 11.3 Å². The van der Waals surface area contributed by atoms with Gasteiger partial charge in [-0.25, -0.2) is 0 Å². The SMILES string of the molecule is CCC1CCN(C(=O)c2cc(C)c(C#CCN)s2)CC1. The molecule has 1 aromatic heterocycles. The van der Waals surface area contributed by atoms with Crippen LogP contribution in [0.1, 0.15) is 46.3 Å². The Bertz CT molecular complexity index is 530. The molecule has 4 heteroatoms. The molecule has 1 aliphatic heterocycles. The van der Waals surface area contributed by atoms with Crippen LogP contribution < -0.4 is 5.73 Å². The van der Waals surface area contributed by atoms with Crippen molar-refractivity contribution in [3.05, 3.63) is 21.4 Å². The van der Waals surface area contributed by atoms with Crippen molar-refractivity contribution in [2.24, 2.45) is 11.7 Å². The first-order chi connectivity index (χ1) is 9.65. The van der Waals surface area contributed by atoms with Crippen LogP contribution in [0.2, 0.25) is 0 Å². The lowest BCUT2D eigenvalue weighted by Gasteiger charge is -2.31. The molecule has 1 aromatic rings. The molecule has 2 rings (SSSR count). The molecule has 0 spiro atoms. The number of aryl methyl sites for hydroxylation is 1. The smallest absolute Gasteiger partial charge is 0.263 e. The number of carbonyl (C=O) groups excluding carboxylic acids is 1. The van der Waals surface area contributed by atoms with E-state index < -0.39 is 0 Å². The highest BCUT2D eigenvalue weighted by Gasteiger charge is 2.24. The summed E-state index contributed by atoms with van der Waals surface area (Å²) in [6.45, 7) is 6.35. The van der Waals surface area contributed by atoms with Gasteiger partial charge in [0.25, 0.3) is 5.91 Å². The van der Waals surface area contributed by atoms with Gasteiger partial charge >= 0.3 is 0 Å². The van der Waals surface area contributed by atoms with Gasteiger partial charge in [0, 0.05) is 13.1 Å². The molecule has 2 N–H and O–H groups in total. The third-order valence-corrected chi connectivity index (χ3v) is 5.05. The third-order valence-electron chi connectivity index (χ3n) is 3.91. The topological polar surface area (TPSA) is 46.3 Å². The first-order valence-electron chi connectivity index (χ1n) is 7.24. The molecule has 2 heterocycles. The molecule has 1 fully saturated rings. The Labute approximate surface area is 125 Å². The summed E-state index contributed by atoms with van der Waals surface area (Å²) < 4.78 is 0. The van der Waals surface area contributed by atoms with Gasteiger partial charge in [0.2, 0.25) is 0 Å². The van der Waals surface area contributed by atoms with Crippen LogP contribution in [-0.4, -0.2) is 30.4 Å². The van der Waals surface area contributed by atoms with Crippen LogP contribution in [0.25, 0.3) is 0 Å². The molecule has 0 aliphatic carbocycles. The van der Waals surface area contributed by atoms with E-state index in [1.165, 1.54) is 17.8 Å². The largest absolute Gasteiger partial charge is 0.338 e.